The van der Waals surface area contributed by atoms with E-state index < -0.39 is 0 Å². The molecule has 0 N–H and O–H groups in total. The number of carbonyl (C=O) groups excluding carboxylic acids is 3. The van der Waals surface area contributed by atoms with Gasteiger partial charge in [-0.2, -0.15) is 0 Å². The normalized spacial score (nSPS) is 15.1. The third-order valence-corrected chi connectivity index (χ3v) is 18.4. The highest BCUT2D eigenvalue weighted by Crippen LogP contribution is 2.51. The average Bonchev–Trinajstić information content (AvgIpc) is 4.29. The van der Waals surface area contributed by atoms with Gasteiger partial charge in [-0.1, -0.05) is 208 Å². The van der Waals surface area contributed by atoms with Crippen molar-refractivity contribution in [3.8, 4) is 16.2 Å². The van der Waals surface area contributed by atoms with Gasteiger partial charge < -0.3 is 14.5 Å². The minimum Gasteiger partial charge on any atom is -0.423 e. The molecule has 4 aromatic carbocycles. The highest BCUT2D eigenvalue weighted by atomic mass is 32.1. The molecule has 2 aliphatic heterocycles. The van der Waals surface area contributed by atoms with E-state index in [1.165, 1.54) is 55.2 Å². The maximum absolute atomic E-state index is 15.8. The first-order valence-corrected chi connectivity index (χ1v) is 32.0. The molecule has 2 atom stereocenters. The van der Waals surface area contributed by atoms with Gasteiger partial charge in [0.1, 0.15) is 5.75 Å². The number of carbonyl (C=O) groups is 3. The third-order valence-electron chi connectivity index (χ3n) is 16.1. The van der Waals surface area contributed by atoms with Crippen LogP contribution in [0.1, 0.15) is 230 Å². The molecule has 8 heteroatoms. The van der Waals surface area contributed by atoms with Gasteiger partial charge in [-0.3, -0.25) is 9.59 Å². The number of hydrogen-bond donors (Lipinski definition) is 0. The molecule has 6 aromatic rings. The molecule has 0 spiro atoms. The molecule has 2 aliphatic rings. The Hall–Kier alpha value is -5.05. The standard InChI is InChI=1S/C67H86N2O4S2.C2H6/c1-9-14-19-23-30-46(28-17-12-4)44-68-56-41-48(58-43-55-51(34-27-21-16-11-3)59(54-39-40-74-62(54)63(55)75-58)66(72)73-50-32-25-22-26-33-50)35-37-52(56)60(64(68)70)61-53-38-36-49(67(6,7)8)42-57(53)69(65(61)71)45-47(29-18-13-5)31-24-20-15-10-2;1-2/h22,25-26,32-33,35-43,46-47H,9-21,23-24,27-31,34,44-45H2,1-8H3;1-2H3/b61-60+;. The highest BCUT2D eigenvalue weighted by molar-refractivity contribution is 7.28. The number of unbranched alkanes of at least 4 members (excludes halogenated alkanes) is 11. The summed E-state index contributed by atoms with van der Waals surface area (Å²) in [5.74, 6) is 0.866. The SMILES string of the molecule is CC.CCCCCCc1c(C(=O)Oc2ccccc2)c2ccsc2c2sc(-c3ccc4c(c3)N(CC(CCCC)CCCCCC)C(=O)/C4=C3/C(=O)N(CC(CCCC)CCCCCC)c4cc(C(C)(C)C)ccc43)cc12. The number of esters is 1. The third kappa shape index (κ3) is 14.0. The lowest BCUT2D eigenvalue weighted by molar-refractivity contribution is -0.114. The Morgan fingerprint density at radius 3 is 1.66 bits per heavy atom. The van der Waals surface area contributed by atoms with Gasteiger partial charge in [0.2, 0.25) is 0 Å². The number of ether oxygens (including phenoxy) is 1. The van der Waals surface area contributed by atoms with Crippen molar-refractivity contribution < 1.29 is 19.1 Å². The number of amides is 2. The summed E-state index contributed by atoms with van der Waals surface area (Å²) in [5.41, 5.74) is 8.54. The molecule has 2 aromatic heterocycles. The molecule has 0 bridgehead atoms. The molecule has 2 amide bonds. The van der Waals surface area contributed by atoms with Crippen molar-refractivity contribution in [1.82, 2.24) is 0 Å². The summed E-state index contributed by atoms with van der Waals surface area (Å²) >= 11 is 3.46. The highest BCUT2D eigenvalue weighted by Gasteiger charge is 2.44. The minimum absolute atomic E-state index is 0.0361. The Labute approximate surface area is 472 Å². The van der Waals surface area contributed by atoms with E-state index in [1.54, 1.807) is 22.7 Å². The van der Waals surface area contributed by atoms with Crippen molar-refractivity contribution in [1.29, 1.82) is 0 Å². The molecule has 4 heterocycles. The number of benzene rings is 4. The van der Waals surface area contributed by atoms with E-state index in [0.717, 1.165) is 144 Å². The Morgan fingerprint density at radius 2 is 1.10 bits per heavy atom. The van der Waals surface area contributed by atoms with Gasteiger partial charge in [-0.15, -0.1) is 22.7 Å². The number of aryl methyl sites for hydroxylation is 1. The van der Waals surface area contributed by atoms with Gasteiger partial charge in [0.05, 0.1) is 37.5 Å². The molecule has 8 rings (SSSR count). The number of rotatable bonds is 28. The van der Waals surface area contributed by atoms with Crippen LogP contribution in [0, 0.1) is 11.8 Å². The van der Waals surface area contributed by atoms with E-state index in [0.29, 0.717) is 47.4 Å². The monoisotopic (exact) mass is 1080 g/mol. The Kier molecular flexibility index (Phi) is 22.2. The van der Waals surface area contributed by atoms with E-state index in [2.05, 4.69) is 119 Å². The van der Waals surface area contributed by atoms with Crippen molar-refractivity contribution in [3.63, 3.8) is 0 Å². The molecule has 0 fully saturated rings. The van der Waals surface area contributed by atoms with Crippen LogP contribution in [0.25, 0.3) is 41.8 Å². The second kappa shape index (κ2) is 28.7. The number of anilines is 2. The summed E-state index contributed by atoms with van der Waals surface area (Å²) in [6, 6.07) is 26.9. The fourth-order valence-corrected chi connectivity index (χ4v) is 14.0. The largest absolute Gasteiger partial charge is 0.423 e. The number of thiophene rings is 2. The van der Waals surface area contributed by atoms with Crippen LogP contribution in [0.3, 0.4) is 0 Å². The maximum Gasteiger partial charge on any atom is 0.344 e. The van der Waals surface area contributed by atoms with E-state index in [9.17, 15) is 4.79 Å². The van der Waals surface area contributed by atoms with Crippen LogP contribution in [0.2, 0.25) is 0 Å². The quantitative estimate of drug-likeness (QED) is 0.0212. The van der Waals surface area contributed by atoms with Gasteiger partial charge in [0, 0.05) is 34.5 Å². The smallest absolute Gasteiger partial charge is 0.344 e. The van der Waals surface area contributed by atoms with Crippen LogP contribution in [0.15, 0.2) is 84.2 Å². The molecule has 77 heavy (non-hydrogen) atoms. The first kappa shape index (κ1) is 59.6. The Bertz CT molecular complexity index is 2930. The second-order valence-corrected chi connectivity index (χ2v) is 24.9. The lowest BCUT2D eigenvalue weighted by atomic mass is 9.85. The summed E-state index contributed by atoms with van der Waals surface area (Å²) in [6.45, 7) is 23.3. The second-order valence-electron chi connectivity index (χ2n) is 22.9. The lowest BCUT2D eigenvalue weighted by Gasteiger charge is -2.26. The van der Waals surface area contributed by atoms with Gasteiger partial charge in [-0.05, 0) is 120 Å². The number of para-hydroxylation sites is 1. The predicted molar refractivity (Wildman–Crippen MR) is 333 cm³/mol. The first-order valence-electron chi connectivity index (χ1n) is 30.3. The minimum atomic E-state index is -0.316. The van der Waals surface area contributed by atoms with E-state index in [1.807, 2.05) is 44.2 Å². The van der Waals surface area contributed by atoms with Crippen LogP contribution >= 0.6 is 22.7 Å². The van der Waals surface area contributed by atoms with Crippen LogP contribution in [-0.2, 0) is 21.4 Å². The van der Waals surface area contributed by atoms with Crippen molar-refractivity contribution in [2.45, 2.75) is 209 Å². The maximum atomic E-state index is 15.8. The summed E-state index contributed by atoms with van der Waals surface area (Å²) in [6.07, 6.45) is 23.6. The van der Waals surface area contributed by atoms with E-state index >= 15 is 9.59 Å². The van der Waals surface area contributed by atoms with Gasteiger partial charge in [0.25, 0.3) is 11.8 Å². The summed E-state index contributed by atoms with van der Waals surface area (Å²) < 4.78 is 8.40. The lowest BCUT2D eigenvalue weighted by Crippen LogP contribution is -2.34. The summed E-state index contributed by atoms with van der Waals surface area (Å²) in [5, 5.41) is 4.15. The van der Waals surface area contributed by atoms with Crippen LogP contribution in [-0.4, -0.2) is 30.9 Å². The summed E-state index contributed by atoms with van der Waals surface area (Å²) in [4.78, 5) is 51.0. The molecule has 0 radical (unpaired) electrons. The van der Waals surface area contributed by atoms with Gasteiger partial charge in [-0.25, -0.2) is 4.79 Å². The fraction of sp³-hybridized carbons (Fsp3) is 0.522. The van der Waals surface area contributed by atoms with Gasteiger partial charge in [0.15, 0.2) is 0 Å². The zero-order chi connectivity index (χ0) is 55.1. The Balaban J connectivity index is 0.00000426. The molecule has 0 aliphatic carbocycles. The molecule has 0 saturated heterocycles. The molecular formula is C69H92N2O4S2. The van der Waals surface area contributed by atoms with Crippen molar-refractivity contribution in [2.24, 2.45) is 11.8 Å². The predicted octanol–water partition coefficient (Wildman–Crippen LogP) is 20.6. The number of hydrogen-bond acceptors (Lipinski definition) is 6. The number of nitrogens with zero attached hydrogens (tertiary/aromatic N) is 2. The zero-order valence-corrected chi connectivity index (χ0v) is 50.5. The van der Waals surface area contributed by atoms with Crippen molar-refractivity contribution in [2.75, 3.05) is 22.9 Å². The fourth-order valence-electron chi connectivity index (χ4n) is 11.8. The van der Waals surface area contributed by atoms with Crippen LogP contribution < -0.4 is 14.5 Å². The molecule has 2 unspecified atom stereocenters. The summed E-state index contributed by atoms with van der Waals surface area (Å²) in [7, 11) is 0. The van der Waals surface area contributed by atoms with Crippen LogP contribution in [0.4, 0.5) is 11.4 Å². The average molecular weight is 1080 g/mol. The molecule has 414 valence electrons. The Morgan fingerprint density at radius 1 is 0.571 bits per heavy atom. The topological polar surface area (TPSA) is 66.9 Å². The molecular weight excluding hydrogens is 985 g/mol. The van der Waals surface area contributed by atoms with Gasteiger partial charge >= 0.3 is 5.97 Å². The van der Waals surface area contributed by atoms with Crippen LogP contribution in [0.5, 0.6) is 5.75 Å². The zero-order valence-electron chi connectivity index (χ0n) is 48.8. The first-order chi connectivity index (χ1) is 37.4. The number of fused-ring (bicyclic) bond motifs is 5. The van der Waals surface area contributed by atoms with Crippen molar-refractivity contribution in [3.05, 3.63) is 112 Å². The van der Waals surface area contributed by atoms with E-state index in [-0.39, 0.29) is 23.2 Å². The molecule has 6 nitrogen and oxygen atoms in total. The van der Waals surface area contributed by atoms with Crippen molar-refractivity contribution >= 4 is 83.2 Å². The van der Waals surface area contributed by atoms with E-state index in [4.69, 9.17) is 4.74 Å². The molecule has 0 saturated carbocycles.